The maximum absolute atomic E-state index is 12.1. The summed E-state index contributed by atoms with van der Waals surface area (Å²) in [4.78, 5) is 26.4. The van der Waals surface area contributed by atoms with Gasteiger partial charge < -0.3 is 4.74 Å². The van der Waals surface area contributed by atoms with E-state index in [2.05, 4.69) is 15.8 Å². The number of carbonyl (C=O) groups excluding carboxylic acids is 1. The van der Waals surface area contributed by atoms with Crippen molar-refractivity contribution in [2.45, 2.75) is 13.5 Å². The molecule has 0 aliphatic rings. The second kappa shape index (κ2) is 7.85. The monoisotopic (exact) mass is 341 g/mol. The third-order valence-electron chi connectivity index (χ3n) is 3.28. The largest absolute Gasteiger partial charge is 0.380 e. The number of hydrogen-bond donors (Lipinski definition) is 2. The molecule has 0 saturated heterocycles. The summed E-state index contributed by atoms with van der Waals surface area (Å²) in [6, 6.07) is 8.89. The third-order valence-corrected chi connectivity index (χ3v) is 3.28. The molecule has 1 heterocycles. The van der Waals surface area contributed by atoms with Gasteiger partial charge in [0.15, 0.2) is 5.82 Å². The first kappa shape index (κ1) is 17.8. The Labute approximate surface area is 143 Å². The van der Waals surface area contributed by atoms with Gasteiger partial charge in [0.05, 0.1) is 11.5 Å². The van der Waals surface area contributed by atoms with Crippen LogP contribution in [0.3, 0.4) is 0 Å². The first-order chi connectivity index (χ1) is 12.0. The van der Waals surface area contributed by atoms with Gasteiger partial charge in [-0.15, -0.1) is 0 Å². The average molecular weight is 341 g/mol. The summed E-state index contributed by atoms with van der Waals surface area (Å²) < 4.78 is 5.06. The molecule has 2 aromatic rings. The smallest absolute Gasteiger partial charge is 0.269 e. The van der Waals surface area contributed by atoms with E-state index in [9.17, 15) is 20.2 Å². The van der Waals surface area contributed by atoms with Crippen molar-refractivity contribution in [1.82, 2.24) is 10.4 Å². The number of nitrogens with zero attached hydrogens (tertiary/aromatic N) is 3. The minimum absolute atomic E-state index is 0.110. The van der Waals surface area contributed by atoms with Crippen molar-refractivity contribution >= 4 is 17.4 Å². The van der Waals surface area contributed by atoms with E-state index in [0.717, 1.165) is 0 Å². The van der Waals surface area contributed by atoms with Crippen LogP contribution in [0.25, 0.3) is 0 Å². The molecule has 128 valence electrons. The van der Waals surface area contributed by atoms with Gasteiger partial charge in [-0.2, -0.15) is 5.26 Å². The fourth-order valence-electron chi connectivity index (χ4n) is 2.15. The van der Waals surface area contributed by atoms with E-state index in [1.165, 1.54) is 31.4 Å². The third kappa shape index (κ3) is 4.27. The standard InChI is InChI=1S/C16H15N5O4/c1-10-7-12(9-25-2)14(8-17)15(18-10)19-20-16(22)11-3-5-13(6-4-11)21(23)24/h3-7H,9H2,1-2H3,(H,18,19)(H,20,22). The molecule has 0 saturated carbocycles. The summed E-state index contributed by atoms with van der Waals surface area (Å²) >= 11 is 0. The summed E-state index contributed by atoms with van der Waals surface area (Å²) in [6.07, 6.45) is 0. The highest BCUT2D eigenvalue weighted by Gasteiger charge is 2.13. The molecule has 1 amide bonds. The Balaban J connectivity index is 2.16. The first-order valence-electron chi connectivity index (χ1n) is 7.16. The molecule has 0 fully saturated rings. The van der Waals surface area contributed by atoms with E-state index in [1.54, 1.807) is 13.0 Å². The summed E-state index contributed by atoms with van der Waals surface area (Å²) in [5, 5.41) is 19.9. The predicted molar refractivity (Wildman–Crippen MR) is 88.6 cm³/mol. The lowest BCUT2D eigenvalue weighted by Gasteiger charge is -2.12. The number of nitro benzene ring substituents is 1. The van der Waals surface area contributed by atoms with Crippen LogP contribution in [0.5, 0.6) is 0 Å². The number of nitriles is 1. The van der Waals surface area contributed by atoms with Gasteiger partial charge in [-0.25, -0.2) is 4.98 Å². The van der Waals surface area contributed by atoms with E-state index in [4.69, 9.17) is 4.74 Å². The van der Waals surface area contributed by atoms with Gasteiger partial charge >= 0.3 is 0 Å². The highest BCUT2D eigenvalue weighted by molar-refractivity contribution is 5.95. The molecule has 0 aliphatic carbocycles. The van der Waals surface area contributed by atoms with Crippen LogP contribution in [-0.2, 0) is 11.3 Å². The van der Waals surface area contributed by atoms with Gasteiger partial charge in [-0.1, -0.05) is 0 Å². The number of anilines is 1. The van der Waals surface area contributed by atoms with Gasteiger partial charge in [0, 0.05) is 36.1 Å². The maximum atomic E-state index is 12.1. The Morgan fingerprint density at radius 3 is 2.64 bits per heavy atom. The van der Waals surface area contributed by atoms with Crippen molar-refractivity contribution in [1.29, 1.82) is 5.26 Å². The Kier molecular flexibility index (Phi) is 5.60. The lowest BCUT2D eigenvalue weighted by molar-refractivity contribution is -0.384. The van der Waals surface area contributed by atoms with Crippen molar-refractivity contribution in [3.05, 3.63) is 62.8 Å². The first-order valence-corrected chi connectivity index (χ1v) is 7.16. The zero-order valence-corrected chi connectivity index (χ0v) is 13.6. The Bertz CT molecular complexity index is 843. The summed E-state index contributed by atoms with van der Waals surface area (Å²) in [5.41, 5.74) is 6.71. The molecule has 25 heavy (non-hydrogen) atoms. The number of aromatic nitrogens is 1. The number of nitrogens with one attached hydrogen (secondary N) is 2. The van der Waals surface area contributed by atoms with E-state index in [0.29, 0.717) is 11.3 Å². The van der Waals surface area contributed by atoms with Gasteiger partial charge in [0.25, 0.3) is 11.6 Å². The molecule has 9 heteroatoms. The lowest BCUT2D eigenvalue weighted by atomic mass is 10.1. The van der Waals surface area contributed by atoms with Crippen LogP contribution in [0.15, 0.2) is 30.3 Å². The minimum Gasteiger partial charge on any atom is -0.380 e. The number of non-ortho nitro benzene ring substituents is 1. The van der Waals surface area contributed by atoms with Crippen molar-refractivity contribution in [2.75, 3.05) is 12.5 Å². The predicted octanol–water partition coefficient (Wildman–Crippen LogP) is 2.07. The number of benzene rings is 1. The quantitative estimate of drug-likeness (QED) is 0.607. The van der Waals surface area contributed by atoms with Gasteiger partial charge in [-0.05, 0) is 25.1 Å². The number of pyridine rings is 1. The molecule has 2 rings (SSSR count). The Morgan fingerprint density at radius 1 is 1.40 bits per heavy atom. The van der Waals surface area contributed by atoms with E-state index in [1.807, 2.05) is 6.07 Å². The van der Waals surface area contributed by atoms with Crippen LogP contribution < -0.4 is 10.9 Å². The van der Waals surface area contributed by atoms with Crippen molar-refractivity contribution in [3.8, 4) is 6.07 Å². The molecule has 1 aromatic carbocycles. The number of ether oxygens (including phenoxy) is 1. The zero-order valence-electron chi connectivity index (χ0n) is 13.6. The van der Waals surface area contributed by atoms with Crippen LogP contribution in [0.4, 0.5) is 11.5 Å². The molecule has 2 N–H and O–H groups in total. The number of hydrogen-bond acceptors (Lipinski definition) is 7. The van der Waals surface area contributed by atoms with E-state index >= 15 is 0 Å². The fraction of sp³-hybridized carbons (Fsp3) is 0.188. The van der Waals surface area contributed by atoms with Crippen LogP contribution in [-0.4, -0.2) is 22.9 Å². The number of carbonyl (C=O) groups is 1. The van der Waals surface area contributed by atoms with Crippen LogP contribution in [0, 0.1) is 28.4 Å². The molecular formula is C16H15N5O4. The van der Waals surface area contributed by atoms with Crippen LogP contribution >= 0.6 is 0 Å². The molecule has 0 radical (unpaired) electrons. The maximum Gasteiger partial charge on any atom is 0.269 e. The summed E-state index contributed by atoms with van der Waals surface area (Å²) in [7, 11) is 1.51. The molecule has 0 bridgehead atoms. The van der Waals surface area contributed by atoms with Crippen molar-refractivity contribution in [2.24, 2.45) is 0 Å². The number of hydrazine groups is 1. The number of methoxy groups -OCH3 is 1. The second-order valence-corrected chi connectivity index (χ2v) is 5.07. The van der Waals surface area contributed by atoms with Crippen LogP contribution in [0.2, 0.25) is 0 Å². The molecule has 1 aromatic heterocycles. The number of nitro groups is 1. The molecule has 0 atom stereocenters. The van der Waals surface area contributed by atoms with Gasteiger partial charge in [0.2, 0.25) is 0 Å². The van der Waals surface area contributed by atoms with Crippen molar-refractivity contribution in [3.63, 3.8) is 0 Å². The topological polar surface area (TPSA) is 130 Å². The van der Waals surface area contributed by atoms with Crippen LogP contribution in [0.1, 0.15) is 27.2 Å². The Morgan fingerprint density at radius 2 is 2.08 bits per heavy atom. The highest BCUT2D eigenvalue weighted by Crippen LogP contribution is 2.19. The van der Waals surface area contributed by atoms with Gasteiger partial charge in [0.1, 0.15) is 11.6 Å². The second-order valence-electron chi connectivity index (χ2n) is 5.07. The highest BCUT2D eigenvalue weighted by atomic mass is 16.6. The fourth-order valence-corrected chi connectivity index (χ4v) is 2.15. The molecule has 9 nitrogen and oxygen atoms in total. The Hall–Kier alpha value is -3.51. The van der Waals surface area contributed by atoms with E-state index < -0.39 is 10.8 Å². The molecular weight excluding hydrogens is 326 g/mol. The summed E-state index contributed by atoms with van der Waals surface area (Å²) in [6.45, 7) is 1.99. The number of rotatable bonds is 6. The molecule has 0 aliphatic heterocycles. The number of amides is 1. The minimum atomic E-state index is -0.548. The van der Waals surface area contributed by atoms with Crippen molar-refractivity contribution < 1.29 is 14.5 Å². The summed E-state index contributed by atoms with van der Waals surface area (Å²) in [5.74, 6) is -0.319. The average Bonchev–Trinajstić information content (AvgIpc) is 2.59. The number of aryl methyl sites for hydroxylation is 1. The molecule has 0 unspecified atom stereocenters. The zero-order chi connectivity index (χ0) is 18.4. The normalized spacial score (nSPS) is 9.96. The SMILES string of the molecule is COCc1cc(C)nc(NNC(=O)c2ccc([N+](=O)[O-])cc2)c1C#N. The van der Waals surface area contributed by atoms with E-state index in [-0.39, 0.29) is 29.2 Å². The van der Waals surface area contributed by atoms with Gasteiger partial charge in [-0.3, -0.25) is 25.8 Å². The lowest BCUT2D eigenvalue weighted by Crippen LogP contribution is -2.30. The molecule has 0 spiro atoms.